The van der Waals surface area contributed by atoms with E-state index in [4.69, 9.17) is 4.74 Å². The van der Waals surface area contributed by atoms with E-state index in [1.807, 2.05) is 37.3 Å². The van der Waals surface area contributed by atoms with Gasteiger partial charge in [0.05, 0.1) is 18.8 Å². The number of benzene rings is 2. The molecule has 19 heavy (non-hydrogen) atoms. The second kappa shape index (κ2) is 4.52. The average Bonchev–Trinajstić information content (AvgIpc) is 2.85. The van der Waals surface area contributed by atoms with E-state index in [0.717, 1.165) is 22.3 Å². The summed E-state index contributed by atoms with van der Waals surface area (Å²) in [6, 6.07) is 11.5. The van der Waals surface area contributed by atoms with Crippen LogP contribution < -0.4 is 0 Å². The van der Waals surface area contributed by atoms with Crippen LogP contribution in [0.1, 0.15) is 27.0 Å². The summed E-state index contributed by atoms with van der Waals surface area (Å²) in [5.41, 5.74) is 5.32. The van der Waals surface area contributed by atoms with Gasteiger partial charge >= 0.3 is 5.97 Å². The molecule has 0 spiro atoms. The first kappa shape index (κ1) is 11.9. The zero-order valence-corrected chi connectivity index (χ0v) is 10.6. The summed E-state index contributed by atoms with van der Waals surface area (Å²) >= 11 is 0. The van der Waals surface area contributed by atoms with Crippen LogP contribution in [0.3, 0.4) is 0 Å². The molecule has 1 heterocycles. The highest BCUT2D eigenvalue weighted by atomic mass is 16.5. The minimum absolute atomic E-state index is 0.346. The Morgan fingerprint density at radius 3 is 2.68 bits per heavy atom. The van der Waals surface area contributed by atoms with E-state index < -0.39 is 5.97 Å². The first-order valence-electron chi connectivity index (χ1n) is 6.19. The Hall–Kier alpha value is -2.13. The molecule has 0 fully saturated rings. The predicted octanol–water partition coefficient (Wildman–Crippen LogP) is 3.39. The van der Waals surface area contributed by atoms with Crippen LogP contribution >= 0.6 is 0 Å². The van der Waals surface area contributed by atoms with Crippen molar-refractivity contribution >= 4 is 5.97 Å². The molecule has 1 N–H and O–H groups in total. The highest BCUT2D eigenvalue weighted by Gasteiger charge is 2.15. The fourth-order valence-corrected chi connectivity index (χ4v) is 2.43. The van der Waals surface area contributed by atoms with Crippen molar-refractivity contribution in [1.29, 1.82) is 0 Å². The van der Waals surface area contributed by atoms with E-state index in [1.54, 1.807) is 6.07 Å². The monoisotopic (exact) mass is 254 g/mol. The predicted molar refractivity (Wildman–Crippen MR) is 72.1 cm³/mol. The molecule has 2 aromatic carbocycles. The first-order chi connectivity index (χ1) is 9.15. The van der Waals surface area contributed by atoms with Gasteiger partial charge in [0.15, 0.2) is 0 Å². The molecule has 3 rings (SSSR count). The summed E-state index contributed by atoms with van der Waals surface area (Å²) in [5.74, 6) is -0.893. The van der Waals surface area contributed by atoms with Gasteiger partial charge in [0.1, 0.15) is 0 Å². The van der Waals surface area contributed by atoms with Crippen LogP contribution in [0.4, 0.5) is 0 Å². The fourth-order valence-electron chi connectivity index (χ4n) is 2.43. The fraction of sp³-hybridized carbons (Fsp3) is 0.188. The van der Waals surface area contributed by atoms with Crippen LogP contribution in [0, 0.1) is 6.92 Å². The highest BCUT2D eigenvalue weighted by molar-refractivity contribution is 5.96. The van der Waals surface area contributed by atoms with Crippen molar-refractivity contribution in [3.8, 4) is 11.1 Å². The number of ether oxygens (including phenoxy) is 1. The van der Waals surface area contributed by atoms with Gasteiger partial charge in [0.25, 0.3) is 0 Å². The van der Waals surface area contributed by atoms with Gasteiger partial charge in [-0.15, -0.1) is 0 Å². The molecule has 0 saturated carbocycles. The van der Waals surface area contributed by atoms with E-state index in [1.165, 1.54) is 5.56 Å². The SMILES string of the molecule is Cc1ccc(-c2ccc3c(c2)COC3)c(C(=O)O)c1. The van der Waals surface area contributed by atoms with Gasteiger partial charge in [0, 0.05) is 0 Å². The van der Waals surface area contributed by atoms with Crippen LogP contribution in [0.15, 0.2) is 36.4 Å². The Labute approximate surface area is 111 Å². The molecule has 1 aliphatic heterocycles. The maximum atomic E-state index is 11.4. The standard InChI is InChI=1S/C16H14O3/c1-10-2-5-14(15(6-10)16(17)18)11-3-4-12-8-19-9-13(12)7-11/h2-7H,8-9H2,1H3,(H,17,18). The molecule has 0 atom stereocenters. The summed E-state index contributed by atoms with van der Waals surface area (Å²) in [4.78, 5) is 11.4. The van der Waals surface area contributed by atoms with Crippen LogP contribution in [0.5, 0.6) is 0 Å². The number of carbonyl (C=O) groups is 1. The molecular weight excluding hydrogens is 240 g/mol. The lowest BCUT2D eigenvalue weighted by molar-refractivity contribution is 0.0697. The minimum Gasteiger partial charge on any atom is -0.478 e. The van der Waals surface area contributed by atoms with Gasteiger partial charge in [0.2, 0.25) is 0 Å². The van der Waals surface area contributed by atoms with Gasteiger partial charge in [-0.05, 0) is 41.3 Å². The molecule has 0 amide bonds. The molecule has 0 aromatic heterocycles. The third-order valence-electron chi connectivity index (χ3n) is 3.44. The molecule has 2 aromatic rings. The van der Waals surface area contributed by atoms with Crippen molar-refractivity contribution in [3.05, 3.63) is 58.7 Å². The molecule has 0 saturated heterocycles. The van der Waals surface area contributed by atoms with Gasteiger partial charge in [-0.3, -0.25) is 0 Å². The van der Waals surface area contributed by atoms with E-state index in [2.05, 4.69) is 0 Å². The van der Waals surface area contributed by atoms with Crippen LogP contribution in [-0.2, 0) is 18.0 Å². The summed E-state index contributed by atoms with van der Waals surface area (Å²) < 4.78 is 5.39. The van der Waals surface area contributed by atoms with E-state index in [9.17, 15) is 9.90 Å². The van der Waals surface area contributed by atoms with Crippen molar-refractivity contribution in [3.63, 3.8) is 0 Å². The Morgan fingerprint density at radius 1 is 1.11 bits per heavy atom. The van der Waals surface area contributed by atoms with Crippen molar-refractivity contribution in [1.82, 2.24) is 0 Å². The summed E-state index contributed by atoms with van der Waals surface area (Å²) in [5, 5.41) is 9.32. The lowest BCUT2D eigenvalue weighted by atomic mass is 9.95. The molecule has 1 aliphatic rings. The second-order valence-electron chi connectivity index (χ2n) is 4.83. The minimum atomic E-state index is -0.893. The van der Waals surface area contributed by atoms with E-state index in [0.29, 0.717) is 18.8 Å². The summed E-state index contributed by atoms with van der Waals surface area (Å²) in [6.07, 6.45) is 0. The number of aromatic carboxylic acids is 1. The number of fused-ring (bicyclic) bond motifs is 1. The summed E-state index contributed by atoms with van der Waals surface area (Å²) in [6.45, 7) is 3.15. The lowest BCUT2D eigenvalue weighted by Gasteiger charge is -2.09. The highest BCUT2D eigenvalue weighted by Crippen LogP contribution is 2.29. The molecule has 3 nitrogen and oxygen atoms in total. The van der Waals surface area contributed by atoms with Crippen LogP contribution in [0.25, 0.3) is 11.1 Å². The molecule has 0 radical (unpaired) electrons. The quantitative estimate of drug-likeness (QED) is 0.893. The van der Waals surface area contributed by atoms with Crippen LogP contribution in [-0.4, -0.2) is 11.1 Å². The molecular formula is C16H14O3. The number of hydrogen-bond acceptors (Lipinski definition) is 2. The number of aryl methyl sites for hydroxylation is 1. The van der Waals surface area contributed by atoms with Crippen molar-refractivity contribution in [2.75, 3.05) is 0 Å². The summed E-state index contributed by atoms with van der Waals surface area (Å²) in [7, 11) is 0. The van der Waals surface area contributed by atoms with Gasteiger partial charge < -0.3 is 9.84 Å². The Balaban J connectivity index is 2.14. The van der Waals surface area contributed by atoms with Gasteiger partial charge in [-0.25, -0.2) is 4.79 Å². The van der Waals surface area contributed by atoms with Crippen molar-refractivity contribution in [2.24, 2.45) is 0 Å². The van der Waals surface area contributed by atoms with Gasteiger partial charge in [-0.1, -0.05) is 29.8 Å². The molecule has 0 bridgehead atoms. The Bertz CT molecular complexity index is 659. The van der Waals surface area contributed by atoms with Crippen molar-refractivity contribution in [2.45, 2.75) is 20.1 Å². The van der Waals surface area contributed by atoms with Gasteiger partial charge in [-0.2, -0.15) is 0 Å². The molecule has 0 unspecified atom stereocenters. The molecule has 3 heteroatoms. The number of carboxylic acids is 1. The number of rotatable bonds is 2. The molecule has 0 aliphatic carbocycles. The topological polar surface area (TPSA) is 46.5 Å². The maximum Gasteiger partial charge on any atom is 0.336 e. The first-order valence-corrected chi connectivity index (χ1v) is 6.19. The Kier molecular flexibility index (Phi) is 2.84. The third kappa shape index (κ3) is 2.13. The Morgan fingerprint density at radius 2 is 1.89 bits per heavy atom. The number of hydrogen-bond donors (Lipinski definition) is 1. The van der Waals surface area contributed by atoms with E-state index in [-0.39, 0.29) is 0 Å². The normalized spacial score (nSPS) is 13.3. The average molecular weight is 254 g/mol. The van der Waals surface area contributed by atoms with Crippen LogP contribution in [0.2, 0.25) is 0 Å². The maximum absolute atomic E-state index is 11.4. The zero-order valence-electron chi connectivity index (χ0n) is 10.6. The molecule has 96 valence electrons. The largest absolute Gasteiger partial charge is 0.478 e. The lowest BCUT2D eigenvalue weighted by Crippen LogP contribution is -2.00. The van der Waals surface area contributed by atoms with E-state index >= 15 is 0 Å². The smallest absolute Gasteiger partial charge is 0.336 e. The number of carboxylic acid groups (broad SMARTS) is 1. The second-order valence-corrected chi connectivity index (χ2v) is 4.83. The third-order valence-corrected chi connectivity index (χ3v) is 3.44. The zero-order chi connectivity index (χ0) is 13.4. The van der Waals surface area contributed by atoms with Crippen molar-refractivity contribution < 1.29 is 14.6 Å².